The number of methoxy groups -OCH3 is 2. The van der Waals surface area contributed by atoms with Gasteiger partial charge < -0.3 is 19.9 Å². The fourth-order valence-electron chi connectivity index (χ4n) is 1.94. The Balaban J connectivity index is 2.31. The fraction of sp³-hybridized carbons (Fsp3) is 0.500. The molecule has 0 saturated carbocycles. The summed E-state index contributed by atoms with van der Waals surface area (Å²) in [4.78, 5) is 0. The van der Waals surface area contributed by atoms with Gasteiger partial charge in [0.25, 0.3) is 0 Å². The minimum Gasteiger partial charge on any atom is -0.497 e. The van der Waals surface area contributed by atoms with Crippen LogP contribution in [-0.2, 0) is 4.74 Å². The van der Waals surface area contributed by atoms with Crippen LogP contribution in [0.2, 0.25) is 0 Å². The summed E-state index contributed by atoms with van der Waals surface area (Å²) >= 11 is 0. The molecule has 1 saturated heterocycles. The first kappa shape index (κ1) is 11.2. The van der Waals surface area contributed by atoms with Gasteiger partial charge in [-0.1, -0.05) is 0 Å². The Morgan fingerprint density at radius 3 is 2.25 bits per heavy atom. The lowest BCUT2D eigenvalue weighted by Gasteiger charge is -2.16. The molecule has 2 atom stereocenters. The Hall–Kier alpha value is -1.26. The molecule has 0 aliphatic carbocycles. The number of hydrogen-bond donors (Lipinski definition) is 1. The van der Waals surface area contributed by atoms with E-state index in [0.717, 1.165) is 23.5 Å². The molecule has 1 aromatic carbocycles. The third-order valence-electron chi connectivity index (χ3n) is 2.84. The van der Waals surface area contributed by atoms with Gasteiger partial charge in [-0.25, -0.2) is 0 Å². The fourth-order valence-corrected chi connectivity index (χ4v) is 1.94. The Morgan fingerprint density at radius 1 is 1.19 bits per heavy atom. The van der Waals surface area contributed by atoms with Gasteiger partial charge >= 0.3 is 0 Å². The highest BCUT2D eigenvalue weighted by atomic mass is 16.5. The topological polar surface area (TPSA) is 53.7 Å². The average molecular weight is 223 g/mol. The lowest BCUT2D eigenvalue weighted by molar-refractivity contribution is 0.104. The molecule has 1 aromatic rings. The first-order valence-electron chi connectivity index (χ1n) is 5.34. The Bertz CT molecular complexity index is 345. The van der Waals surface area contributed by atoms with Crippen LogP contribution in [0, 0.1) is 0 Å². The van der Waals surface area contributed by atoms with Gasteiger partial charge in [0.05, 0.1) is 20.3 Å². The normalized spacial score (nSPS) is 24.4. The Labute approximate surface area is 95.3 Å². The van der Waals surface area contributed by atoms with Gasteiger partial charge in [-0.2, -0.15) is 0 Å². The lowest BCUT2D eigenvalue weighted by Crippen LogP contribution is -2.23. The number of rotatable bonds is 3. The molecule has 2 unspecified atom stereocenters. The van der Waals surface area contributed by atoms with E-state index < -0.39 is 0 Å². The van der Waals surface area contributed by atoms with Gasteiger partial charge in [-0.15, -0.1) is 0 Å². The van der Waals surface area contributed by atoms with E-state index in [4.69, 9.17) is 19.9 Å². The highest BCUT2D eigenvalue weighted by Gasteiger charge is 2.27. The predicted molar refractivity (Wildman–Crippen MR) is 60.8 cm³/mol. The van der Waals surface area contributed by atoms with Crippen molar-refractivity contribution in [3.8, 4) is 11.5 Å². The van der Waals surface area contributed by atoms with Crippen molar-refractivity contribution in [2.75, 3.05) is 20.8 Å². The second kappa shape index (κ2) is 4.72. The molecule has 4 heteroatoms. The van der Waals surface area contributed by atoms with Gasteiger partial charge in [-0.05, 0) is 24.1 Å². The predicted octanol–water partition coefficient (Wildman–Crippen LogP) is 1.49. The Morgan fingerprint density at radius 2 is 1.81 bits per heavy atom. The molecule has 1 fully saturated rings. The number of ether oxygens (including phenoxy) is 3. The summed E-state index contributed by atoms with van der Waals surface area (Å²) in [5, 5.41) is 0. The quantitative estimate of drug-likeness (QED) is 0.843. The molecule has 2 rings (SSSR count). The number of benzene rings is 1. The molecule has 0 spiro atoms. The molecular weight excluding hydrogens is 206 g/mol. The third-order valence-corrected chi connectivity index (χ3v) is 2.84. The van der Waals surface area contributed by atoms with Crippen molar-refractivity contribution >= 4 is 0 Å². The van der Waals surface area contributed by atoms with E-state index in [1.807, 2.05) is 18.2 Å². The average Bonchev–Trinajstić information content (AvgIpc) is 2.74. The minimum atomic E-state index is -0.0519. The molecule has 88 valence electrons. The molecule has 0 bridgehead atoms. The number of hydrogen-bond acceptors (Lipinski definition) is 4. The molecule has 4 nitrogen and oxygen atoms in total. The van der Waals surface area contributed by atoms with Crippen molar-refractivity contribution < 1.29 is 14.2 Å². The first-order chi connectivity index (χ1) is 7.74. The second-order valence-corrected chi connectivity index (χ2v) is 3.89. The first-order valence-corrected chi connectivity index (χ1v) is 5.34. The summed E-state index contributed by atoms with van der Waals surface area (Å²) in [7, 11) is 3.27. The SMILES string of the molecule is COc1cc(OC)cc(C2OCCC2N)c1. The summed E-state index contributed by atoms with van der Waals surface area (Å²) in [6, 6.07) is 5.78. The second-order valence-electron chi connectivity index (χ2n) is 3.89. The molecule has 1 aliphatic rings. The summed E-state index contributed by atoms with van der Waals surface area (Å²) < 4.78 is 16.0. The zero-order valence-corrected chi connectivity index (χ0v) is 9.60. The van der Waals surface area contributed by atoms with E-state index in [2.05, 4.69) is 0 Å². The maximum absolute atomic E-state index is 5.99. The van der Waals surface area contributed by atoms with Gasteiger partial charge in [0.2, 0.25) is 0 Å². The van der Waals surface area contributed by atoms with E-state index in [0.29, 0.717) is 6.61 Å². The largest absolute Gasteiger partial charge is 0.497 e. The number of nitrogens with two attached hydrogens (primary N) is 1. The van der Waals surface area contributed by atoms with E-state index in [9.17, 15) is 0 Å². The summed E-state index contributed by atoms with van der Waals surface area (Å²) in [6.07, 6.45) is 0.841. The zero-order valence-electron chi connectivity index (χ0n) is 9.60. The van der Waals surface area contributed by atoms with Crippen LogP contribution in [-0.4, -0.2) is 26.9 Å². The standard InChI is InChI=1S/C12H17NO3/c1-14-9-5-8(6-10(7-9)15-2)12-11(13)3-4-16-12/h5-7,11-12H,3-4,13H2,1-2H3. The molecule has 0 aromatic heterocycles. The van der Waals surface area contributed by atoms with Crippen LogP contribution >= 0.6 is 0 Å². The van der Waals surface area contributed by atoms with Crippen molar-refractivity contribution in [1.29, 1.82) is 0 Å². The highest BCUT2D eigenvalue weighted by molar-refractivity contribution is 5.40. The van der Waals surface area contributed by atoms with Crippen LogP contribution in [0.15, 0.2) is 18.2 Å². The van der Waals surface area contributed by atoms with E-state index in [1.54, 1.807) is 14.2 Å². The van der Waals surface area contributed by atoms with Crippen molar-refractivity contribution in [1.82, 2.24) is 0 Å². The molecule has 2 N–H and O–H groups in total. The van der Waals surface area contributed by atoms with Crippen LogP contribution in [0.4, 0.5) is 0 Å². The Kier molecular flexibility index (Phi) is 3.31. The molecule has 16 heavy (non-hydrogen) atoms. The van der Waals surface area contributed by atoms with Gasteiger partial charge in [-0.3, -0.25) is 0 Å². The van der Waals surface area contributed by atoms with Crippen molar-refractivity contribution in [2.45, 2.75) is 18.6 Å². The molecule has 1 aliphatic heterocycles. The molecule has 0 radical (unpaired) electrons. The van der Waals surface area contributed by atoms with Gasteiger partial charge in [0.15, 0.2) is 0 Å². The monoisotopic (exact) mass is 223 g/mol. The smallest absolute Gasteiger partial charge is 0.122 e. The molecule has 0 amide bonds. The lowest BCUT2D eigenvalue weighted by atomic mass is 10.0. The van der Waals surface area contributed by atoms with Gasteiger partial charge in [0.1, 0.15) is 11.5 Å². The van der Waals surface area contributed by atoms with Crippen molar-refractivity contribution in [3.05, 3.63) is 23.8 Å². The third kappa shape index (κ3) is 2.13. The van der Waals surface area contributed by atoms with Crippen LogP contribution in [0.1, 0.15) is 18.1 Å². The summed E-state index contributed by atoms with van der Waals surface area (Å²) in [5.74, 6) is 1.52. The summed E-state index contributed by atoms with van der Waals surface area (Å²) in [6.45, 7) is 0.714. The van der Waals surface area contributed by atoms with Crippen LogP contribution in [0.3, 0.4) is 0 Å². The van der Waals surface area contributed by atoms with E-state index in [-0.39, 0.29) is 12.1 Å². The van der Waals surface area contributed by atoms with Crippen LogP contribution in [0.5, 0.6) is 11.5 Å². The van der Waals surface area contributed by atoms with Gasteiger partial charge in [0, 0.05) is 18.7 Å². The van der Waals surface area contributed by atoms with Crippen LogP contribution < -0.4 is 15.2 Å². The van der Waals surface area contributed by atoms with E-state index >= 15 is 0 Å². The minimum absolute atomic E-state index is 0.0519. The maximum Gasteiger partial charge on any atom is 0.122 e. The molecular formula is C12H17NO3. The van der Waals surface area contributed by atoms with Crippen molar-refractivity contribution in [2.24, 2.45) is 5.73 Å². The van der Waals surface area contributed by atoms with E-state index in [1.165, 1.54) is 0 Å². The highest BCUT2D eigenvalue weighted by Crippen LogP contribution is 2.33. The van der Waals surface area contributed by atoms with Crippen molar-refractivity contribution in [3.63, 3.8) is 0 Å². The molecule has 1 heterocycles. The van der Waals surface area contributed by atoms with Crippen LogP contribution in [0.25, 0.3) is 0 Å². The summed E-state index contributed by atoms with van der Waals surface area (Å²) in [5.41, 5.74) is 7.00. The maximum atomic E-state index is 5.99. The zero-order chi connectivity index (χ0) is 11.5.